The zero-order valence-electron chi connectivity index (χ0n) is 37.9. The van der Waals surface area contributed by atoms with Crippen LogP contribution < -0.4 is 4.90 Å². The van der Waals surface area contributed by atoms with E-state index in [4.69, 9.17) is 0 Å². The maximum Gasteiger partial charge on any atom is 0.0543 e. The molecule has 1 aliphatic rings. The normalized spacial score (nSPS) is 14.7. The van der Waals surface area contributed by atoms with E-state index in [0.717, 1.165) is 35.6 Å². The summed E-state index contributed by atoms with van der Waals surface area (Å²) in [6.07, 6.45) is 4.50. The SMILES string of the molecule is C=C1/C(=C\C)c2c(cc(N(c3ccc(-c4ccc(CCC)cc4)cc3)c3cccc(-n4c5ccc(C(C)(C)C)cc5c5cc(C(C)(C)C)ccc54)c3)c3ccccc23)C1(C)C. The minimum absolute atomic E-state index is 0.0337. The minimum Gasteiger partial charge on any atom is -0.310 e. The lowest BCUT2D eigenvalue weighted by Crippen LogP contribution is -2.16. The molecule has 2 nitrogen and oxygen atoms in total. The predicted molar refractivity (Wildman–Crippen MR) is 266 cm³/mol. The number of aromatic nitrogens is 1. The quantitative estimate of drug-likeness (QED) is 0.156. The van der Waals surface area contributed by atoms with Crippen molar-refractivity contribution in [3.63, 3.8) is 0 Å². The van der Waals surface area contributed by atoms with Crippen LogP contribution in [0.4, 0.5) is 17.1 Å². The maximum atomic E-state index is 4.67. The van der Waals surface area contributed by atoms with E-state index in [0.29, 0.717) is 0 Å². The fourth-order valence-electron chi connectivity index (χ4n) is 9.68. The van der Waals surface area contributed by atoms with Crippen LogP contribution in [0, 0.1) is 0 Å². The van der Waals surface area contributed by atoms with Gasteiger partial charge in [-0.05, 0) is 140 Å². The second-order valence-corrected chi connectivity index (χ2v) is 19.8. The maximum absolute atomic E-state index is 4.67. The fourth-order valence-corrected chi connectivity index (χ4v) is 9.68. The highest BCUT2D eigenvalue weighted by molar-refractivity contribution is 6.11. The summed E-state index contributed by atoms with van der Waals surface area (Å²) in [7, 11) is 0. The Morgan fingerprint density at radius 3 is 1.74 bits per heavy atom. The second kappa shape index (κ2) is 14.8. The Labute approximate surface area is 363 Å². The summed E-state index contributed by atoms with van der Waals surface area (Å²) < 4.78 is 2.47. The van der Waals surface area contributed by atoms with E-state index in [9.17, 15) is 0 Å². The largest absolute Gasteiger partial charge is 0.310 e. The van der Waals surface area contributed by atoms with Crippen molar-refractivity contribution in [1.29, 1.82) is 0 Å². The van der Waals surface area contributed by atoms with E-state index in [1.807, 2.05) is 0 Å². The molecule has 61 heavy (non-hydrogen) atoms. The van der Waals surface area contributed by atoms with Gasteiger partial charge in [0.15, 0.2) is 0 Å². The first-order valence-electron chi connectivity index (χ1n) is 22.2. The second-order valence-electron chi connectivity index (χ2n) is 19.8. The summed E-state index contributed by atoms with van der Waals surface area (Å²) >= 11 is 0. The average molecular weight is 797 g/mol. The zero-order chi connectivity index (χ0) is 43.0. The molecule has 0 atom stereocenters. The Hall–Kier alpha value is -6.12. The van der Waals surface area contributed by atoms with Crippen LogP contribution in [0.1, 0.15) is 103 Å². The van der Waals surface area contributed by atoms with E-state index in [2.05, 4.69) is 231 Å². The van der Waals surface area contributed by atoms with Crippen molar-refractivity contribution in [3.8, 4) is 16.8 Å². The van der Waals surface area contributed by atoms with Crippen LogP contribution in [0.3, 0.4) is 0 Å². The highest BCUT2D eigenvalue weighted by atomic mass is 15.1. The number of hydrogen-bond acceptors (Lipinski definition) is 1. The third-order valence-corrected chi connectivity index (χ3v) is 13.4. The van der Waals surface area contributed by atoms with Crippen LogP contribution in [0.25, 0.3) is 55.0 Å². The van der Waals surface area contributed by atoms with Gasteiger partial charge in [-0.25, -0.2) is 0 Å². The van der Waals surface area contributed by atoms with Crippen molar-refractivity contribution in [2.75, 3.05) is 4.90 Å². The molecular formula is C59H60N2. The predicted octanol–water partition coefficient (Wildman–Crippen LogP) is 16.9. The number of allylic oxidation sites excluding steroid dienone is 3. The summed E-state index contributed by atoms with van der Waals surface area (Å²) in [5.74, 6) is 0. The van der Waals surface area contributed by atoms with Gasteiger partial charge in [0.25, 0.3) is 0 Å². The van der Waals surface area contributed by atoms with Crippen LogP contribution in [-0.4, -0.2) is 4.57 Å². The van der Waals surface area contributed by atoms with Crippen LogP contribution in [0.2, 0.25) is 0 Å². The van der Waals surface area contributed by atoms with E-state index in [1.165, 1.54) is 82.7 Å². The first kappa shape index (κ1) is 40.3. The Bertz CT molecular complexity index is 2950. The third kappa shape index (κ3) is 6.81. The van der Waals surface area contributed by atoms with Gasteiger partial charge in [0.05, 0.1) is 16.7 Å². The molecule has 1 aromatic heterocycles. The van der Waals surface area contributed by atoms with E-state index >= 15 is 0 Å². The minimum atomic E-state index is -0.224. The molecule has 0 fully saturated rings. The van der Waals surface area contributed by atoms with Gasteiger partial charge in [-0.2, -0.15) is 0 Å². The van der Waals surface area contributed by atoms with Gasteiger partial charge in [0.1, 0.15) is 0 Å². The van der Waals surface area contributed by atoms with Crippen LogP contribution >= 0.6 is 0 Å². The Kier molecular flexibility index (Phi) is 9.78. The summed E-state index contributed by atoms with van der Waals surface area (Å²) in [5, 5.41) is 5.06. The zero-order valence-corrected chi connectivity index (χ0v) is 37.9. The lowest BCUT2D eigenvalue weighted by molar-refractivity contribution is 0.590. The number of aryl methyl sites for hydroxylation is 1. The molecule has 2 heteroatoms. The molecule has 0 aliphatic heterocycles. The van der Waals surface area contributed by atoms with Gasteiger partial charge in [0, 0.05) is 38.6 Å². The first-order valence-corrected chi connectivity index (χ1v) is 22.2. The average Bonchev–Trinajstić information content (AvgIpc) is 3.67. The molecule has 0 bridgehead atoms. The van der Waals surface area contributed by atoms with Gasteiger partial charge >= 0.3 is 0 Å². The van der Waals surface area contributed by atoms with Crippen molar-refractivity contribution in [3.05, 3.63) is 186 Å². The Balaban J connectivity index is 1.28. The van der Waals surface area contributed by atoms with Crippen LogP contribution in [0.5, 0.6) is 0 Å². The smallest absolute Gasteiger partial charge is 0.0543 e. The number of rotatable bonds is 7. The van der Waals surface area contributed by atoms with Crippen LogP contribution in [-0.2, 0) is 22.7 Å². The Morgan fingerprint density at radius 2 is 1.18 bits per heavy atom. The van der Waals surface area contributed by atoms with Gasteiger partial charge in [-0.15, -0.1) is 0 Å². The van der Waals surface area contributed by atoms with E-state index < -0.39 is 0 Å². The molecule has 0 spiro atoms. The number of hydrogen-bond donors (Lipinski definition) is 0. The molecule has 0 saturated carbocycles. The standard InChI is InChI=1S/C59H60N2/c1-12-17-39-22-24-40(25-23-39)41-26-30-44(31-27-41)60(55-37-52-56(49-21-15-14-20-48(49)55)47(13-2)38(3)59(52,10)11)45-18-16-19-46(36-45)61-53-32-28-42(57(4,5)6)34-50(53)51-35-43(58(7,8)9)29-33-54(51)61/h13-16,18-37H,3,12,17H2,1-2,4-11H3/b47-13+. The third-order valence-electron chi connectivity index (χ3n) is 13.4. The Morgan fingerprint density at radius 1 is 0.607 bits per heavy atom. The van der Waals surface area contributed by atoms with Gasteiger partial charge in [-0.3, -0.25) is 0 Å². The van der Waals surface area contributed by atoms with E-state index in [1.54, 1.807) is 0 Å². The fraction of sp³-hybridized carbons (Fsp3) is 0.254. The number of anilines is 3. The molecule has 7 aromatic carbocycles. The topological polar surface area (TPSA) is 8.17 Å². The molecule has 9 rings (SSSR count). The molecule has 1 heterocycles. The monoisotopic (exact) mass is 796 g/mol. The summed E-state index contributed by atoms with van der Waals surface area (Å²) in [4.78, 5) is 2.48. The van der Waals surface area contributed by atoms with Gasteiger partial charge in [0.2, 0.25) is 0 Å². The highest BCUT2D eigenvalue weighted by Crippen LogP contribution is 2.54. The summed E-state index contributed by atoms with van der Waals surface area (Å²) in [6, 6.07) is 53.0. The van der Waals surface area contributed by atoms with Crippen molar-refractivity contribution >= 4 is 55.2 Å². The molecule has 0 unspecified atom stereocenters. The molecular weight excluding hydrogens is 737 g/mol. The lowest BCUT2D eigenvalue weighted by atomic mass is 9.82. The van der Waals surface area contributed by atoms with Crippen molar-refractivity contribution in [2.45, 2.75) is 98.3 Å². The summed E-state index contributed by atoms with van der Waals surface area (Å²) in [6.45, 7) is 27.5. The van der Waals surface area contributed by atoms with Gasteiger partial charge < -0.3 is 9.47 Å². The highest BCUT2D eigenvalue weighted by Gasteiger charge is 2.39. The molecule has 0 radical (unpaired) electrons. The number of benzene rings is 7. The van der Waals surface area contributed by atoms with Crippen molar-refractivity contribution in [2.24, 2.45) is 0 Å². The van der Waals surface area contributed by atoms with Crippen molar-refractivity contribution in [1.82, 2.24) is 4.57 Å². The van der Waals surface area contributed by atoms with Crippen molar-refractivity contribution < 1.29 is 0 Å². The summed E-state index contributed by atoms with van der Waals surface area (Å²) in [5.41, 5.74) is 18.4. The molecule has 306 valence electrons. The van der Waals surface area contributed by atoms with Gasteiger partial charge in [-0.1, -0.05) is 160 Å². The number of fused-ring (bicyclic) bond motifs is 6. The molecule has 8 aromatic rings. The van der Waals surface area contributed by atoms with E-state index in [-0.39, 0.29) is 16.2 Å². The first-order chi connectivity index (χ1) is 29.1. The number of nitrogens with zero attached hydrogens (tertiary/aromatic N) is 2. The van der Waals surface area contributed by atoms with Crippen LogP contribution in [0.15, 0.2) is 158 Å². The lowest BCUT2D eigenvalue weighted by Gasteiger charge is -2.30. The molecule has 0 saturated heterocycles. The molecule has 0 N–H and O–H groups in total. The molecule has 1 aliphatic carbocycles. The molecule has 0 amide bonds.